The van der Waals surface area contributed by atoms with E-state index in [4.69, 9.17) is 28.9 Å². The van der Waals surface area contributed by atoms with Gasteiger partial charge in [-0.3, -0.25) is 4.79 Å². The summed E-state index contributed by atoms with van der Waals surface area (Å²) in [5, 5.41) is 3.73. The molecule has 0 saturated heterocycles. The fourth-order valence-corrected chi connectivity index (χ4v) is 2.30. The first-order valence-corrected chi connectivity index (χ1v) is 7.37. The number of halogens is 2. The lowest BCUT2D eigenvalue weighted by Gasteiger charge is -2.12. The van der Waals surface area contributed by atoms with Crippen molar-refractivity contribution in [3.05, 3.63) is 64.1 Å². The molecular weight excluding hydrogens is 307 g/mol. The molecule has 2 aromatic rings. The van der Waals surface area contributed by atoms with E-state index in [2.05, 4.69) is 5.32 Å². The molecule has 0 aliphatic carbocycles. The predicted octanol–water partition coefficient (Wildman–Crippen LogP) is 4.41. The quantitative estimate of drug-likeness (QED) is 0.856. The maximum absolute atomic E-state index is 11.9. The van der Waals surface area contributed by atoms with Crippen LogP contribution in [-0.4, -0.2) is 5.91 Å². The summed E-state index contributed by atoms with van der Waals surface area (Å²) in [7, 11) is 0. The van der Waals surface area contributed by atoms with Gasteiger partial charge in [-0.2, -0.15) is 0 Å². The molecule has 0 bridgehead atoms. The van der Waals surface area contributed by atoms with Crippen LogP contribution < -0.4 is 11.1 Å². The van der Waals surface area contributed by atoms with Gasteiger partial charge in [-0.25, -0.2) is 0 Å². The third-order valence-corrected chi connectivity index (χ3v) is 3.68. The van der Waals surface area contributed by atoms with E-state index >= 15 is 0 Å². The molecule has 1 unspecified atom stereocenters. The standard InChI is InChI=1S/C16H16Cl2N2O/c17-12-6-7-13(18)15(10-12)20-16(21)9-8-14(19)11-4-2-1-3-5-11/h1-7,10,14H,8-9,19H2,(H,20,21). The first-order valence-electron chi connectivity index (χ1n) is 6.61. The molecule has 3 nitrogen and oxygen atoms in total. The lowest BCUT2D eigenvalue weighted by Crippen LogP contribution is -2.16. The summed E-state index contributed by atoms with van der Waals surface area (Å²) in [6.45, 7) is 0. The number of anilines is 1. The number of carbonyl (C=O) groups is 1. The number of carbonyl (C=O) groups excluding carboxylic acids is 1. The summed E-state index contributed by atoms with van der Waals surface area (Å²) in [5.74, 6) is -0.134. The van der Waals surface area contributed by atoms with Gasteiger partial charge in [-0.1, -0.05) is 53.5 Å². The lowest BCUT2D eigenvalue weighted by atomic mass is 10.0. The molecule has 21 heavy (non-hydrogen) atoms. The van der Waals surface area contributed by atoms with Crippen molar-refractivity contribution in [1.29, 1.82) is 0 Å². The van der Waals surface area contributed by atoms with Gasteiger partial charge in [-0.15, -0.1) is 0 Å². The topological polar surface area (TPSA) is 55.1 Å². The average molecular weight is 323 g/mol. The third-order valence-electron chi connectivity index (χ3n) is 3.11. The first-order chi connectivity index (χ1) is 10.1. The minimum Gasteiger partial charge on any atom is -0.325 e. The smallest absolute Gasteiger partial charge is 0.224 e. The Morgan fingerprint density at radius 3 is 2.57 bits per heavy atom. The predicted molar refractivity (Wildman–Crippen MR) is 87.7 cm³/mol. The molecule has 5 heteroatoms. The molecule has 3 N–H and O–H groups in total. The van der Waals surface area contributed by atoms with E-state index < -0.39 is 0 Å². The molecule has 0 aliphatic heterocycles. The lowest BCUT2D eigenvalue weighted by molar-refractivity contribution is -0.116. The number of nitrogens with two attached hydrogens (primary N) is 1. The van der Waals surface area contributed by atoms with Crippen molar-refractivity contribution in [2.45, 2.75) is 18.9 Å². The highest BCUT2D eigenvalue weighted by molar-refractivity contribution is 6.35. The molecule has 2 aromatic carbocycles. The summed E-state index contributed by atoms with van der Waals surface area (Å²) in [5.41, 5.74) is 7.60. The second kappa shape index (κ2) is 7.46. The summed E-state index contributed by atoms with van der Waals surface area (Å²) < 4.78 is 0. The van der Waals surface area contributed by atoms with Crippen LogP contribution in [0.5, 0.6) is 0 Å². The van der Waals surface area contributed by atoms with Crippen molar-refractivity contribution in [1.82, 2.24) is 0 Å². The van der Waals surface area contributed by atoms with Crippen LogP contribution in [0.2, 0.25) is 10.0 Å². The van der Waals surface area contributed by atoms with Gasteiger partial charge in [0.2, 0.25) is 5.91 Å². The van der Waals surface area contributed by atoms with Gasteiger partial charge in [0, 0.05) is 17.5 Å². The molecule has 0 radical (unpaired) electrons. The van der Waals surface area contributed by atoms with E-state index in [9.17, 15) is 4.79 Å². The molecule has 0 heterocycles. The van der Waals surface area contributed by atoms with Gasteiger partial charge in [0.05, 0.1) is 10.7 Å². The van der Waals surface area contributed by atoms with Crippen LogP contribution in [0.3, 0.4) is 0 Å². The minimum atomic E-state index is -0.160. The largest absolute Gasteiger partial charge is 0.325 e. The van der Waals surface area contributed by atoms with E-state index in [0.29, 0.717) is 28.6 Å². The summed E-state index contributed by atoms with van der Waals surface area (Å²) in [6.07, 6.45) is 0.882. The van der Waals surface area contributed by atoms with Gasteiger partial charge in [0.1, 0.15) is 0 Å². The van der Waals surface area contributed by atoms with E-state index in [1.54, 1.807) is 18.2 Å². The molecule has 110 valence electrons. The Bertz CT molecular complexity index is 617. The fraction of sp³-hybridized carbons (Fsp3) is 0.188. The molecule has 1 atom stereocenters. The van der Waals surface area contributed by atoms with Crippen LogP contribution in [0.15, 0.2) is 48.5 Å². The van der Waals surface area contributed by atoms with Crippen molar-refractivity contribution in [3.8, 4) is 0 Å². The number of hydrogen-bond acceptors (Lipinski definition) is 2. The Hall–Kier alpha value is -1.55. The van der Waals surface area contributed by atoms with E-state index in [1.807, 2.05) is 30.3 Å². The van der Waals surface area contributed by atoms with E-state index in [-0.39, 0.29) is 11.9 Å². The number of hydrogen-bond donors (Lipinski definition) is 2. The van der Waals surface area contributed by atoms with Crippen molar-refractivity contribution >= 4 is 34.8 Å². The average Bonchev–Trinajstić information content (AvgIpc) is 2.49. The Morgan fingerprint density at radius 2 is 1.86 bits per heavy atom. The van der Waals surface area contributed by atoms with Crippen LogP contribution in [0, 0.1) is 0 Å². The zero-order valence-electron chi connectivity index (χ0n) is 11.4. The molecule has 0 aliphatic rings. The van der Waals surface area contributed by atoms with Crippen molar-refractivity contribution in [3.63, 3.8) is 0 Å². The molecular formula is C16H16Cl2N2O. The van der Waals surface area contributed by atoms with Crippen LogP contribution in [0.4, 0.5) is 5.69 Å². The number of benzene rings is 2. The third kappa shape index (κ3) is 4.74. The molecule has 1 amide bonds. The van der Waals surface area contributed by atoms with Crippen LogP contribution in [0.25, 0.3) is 0 Å². The highest BCUT2D eigenvalue weighted by Gasteiger charge is 2.10. The highest BCUT2D eigenvalue weighted by atomic mass is 35.5. The zero-order valence-corrected chi connectivity index (χ0v) is 12.9. The second-order valence-electron chi connectivity index (χ2n) is 4.73. The van der Waals surface area contributed by atoms with Gasteiger partial charge >= 0.3 is 0 Å². The van der Waals surface area contributed by atoms with Crippen molar-refractivity contribution in [2.24, 2.45) is 5.73 Å². The van der Waals surface area contributed by atoms with E-state index in [0.717, 1.165) is 5.56 Å². The summed E-state index contributed by atoms with van der Waals surface area (Å²) in [4.78, 5) is 11.9. The maximum Gasteiger partial charge on any atom is 0.224 e. The van der Waals surface area contributed by atoms with Gasteiger partial charge in [-0.05, 0) is 30.2 Å². The van der Waals surface area contributed by atoms with Gasteiger partial charge in [0.15, 0.2) is 0 Å². The van der Waals surface area contributed by atoms with Gasteiger partial charge in [0.25, 0.3) is 0 Å². The molecule has 0 spiro atoms. The first kappa shape index (κ1) is 15.8. The van der Waals surface area contributed by atoms with Crippen LogP contribution in [-0.2, 0) is 4.79 Å². The van der Waals surface area contributed by atoms with Crippen LogP contribution >= 0.6 is 23.2 Å². The number of rotatable bonds is 5. The Kier molecular flexibility index (Phi) is 5.62. The Balaban J connectivity index is 1.89. The summed E-state index contributed by atoms with van der Waals surface area (Å²) >= 11 is 11.9. The molecule has 2 rings (SSSR count). The normalized spacial score (nSPS) is 12.0. The number of nitrogens with one attached hydrogen (secondary N) is 1. The maximum atomic E-state index is 11.9. The SMILES string of the molecule is NC(CCC(=O)Nc1cc(Cl)ccc1Cl)c1ccccc1. The van der Waals surface area contributed by atoms with Gasteiger partial charge < -0.3 is 11.1 Å². The molecule has 0 saturated carbocycles. The molecule has 0 aromatic heterocycles. The molecule has 0 fully saturated rings. The Labute approximate surface area is 134 Å². The van der Waals surface area contributed by atoms with Crippen molar-refractivity contribution < 1.29 is 4.79 Å². The minimum absolute atomic E-state index is 0.134. The highest BCUT2D eigenvalue weighted by Crippen LogP contribution is 2.26. The van der Waals surface area contributed by atoms with Crippen molar-refractivity contribution in [2.75, 3.05) is 5.32 Å². The van der Waals surface area contributed by atoms with Crippen LogP contribution in [0.1, 0.15) is 24.4 Å². The fourth-order valence-electron chi connectivity index (χ4n) is 1.96. The van der Waals surface area contributed by atoms with E-state index in [1.165, 1.54) is 0 Å². The Morgan fingerprint density at radius 1 is 1.14 bits per heavy atom. The number of amides is 1. The second-order valence-corrected chi connectivity index (χ2v) is 5.57. The zero-order chi connectivity index (χ0) is 15.2. The summed E-state index contributed by atoms with van der Waals surface area (Å²) in [6, 6.07) is 14.5. The monoisotopic (exact) mass is 322 g/mol.